The molecule has 1 unspecified atom stereocenters. The molecule has 1 aromatic carbocycles. The molecule has 0 bridgehead atoms. The molecule has 1 spiro atoms. The Morgan fingerprint density at radius 1 is 1.00 bits per heavy atom. The minimum atomic E-state index is 0.262. The molecule has 0 aromatic heterocycles. The lowest BCUT2D eigenvalue weighted by Gasteiger charge is -2.40. The first-order valence-electron chi connectivity index (χ1n) is 10.9. The number of carbonyl (C=O) groups is 1. The lowest BCUT2D eigenvalue weighted by atomic mass is 9.79. The van der Waals surface area contributed by atoms with Crippen LogP contribution in [0.2, 0.25) is 0 Å². The van der Waals surface area contributed by atoms with Crippen molar-refractivity contribution >= 4 is 5.91 Å². The van der Waals surface area contributed by atoms with Gasteiger partial charge in [-0.1, -0.05) is 30.3 Å². The molecular weight excluding hydrogens is 334 g/mol. The van der Waals surface area contributed by atoms with Crippen molar-refractivity contribution in [3.05, 3.63) is 35.9 Å². The highest BCUT2D eigenvalue weighted by atomic mass is 16.2. The molecule has 1 aromatic rings. The molecule has 3 aliphatic rings. The zero-order chi connectivity index (χ0) is 18.7. The van der Waals surface area contributed by atoms with Gasteiger partial charge in [0.25, 0.3) is 0 Å². The molecule has 148 valence electrons. The van der Waals surface area contributed by atoms with Crippen LogP contribution in [-0.4, -0.2) is 66.4 Å². The highest BCUT2D eigenvalue weighted by Gasteiger charge is 2.42. The zero-order valence-corrected chi connectivity index (χ0v) is 16.9. The summed E-state index contributed by atoms with van der Waals surface area (Å²) in [6, 6.07) is 10.9. The number of benzene rings is 1. The van der Waals surface area contributed by atoms with Crippen molar-refractivity contribution in [1.82, 2.24) is 14.7 Å². The van der Waals surface area contributed by atoms with Gasteiger partial charge < -0.3 is 9.80 Å². The number of rotatable bonds is 4. The van der Waals surface area contributed by atoms with Gasteiger partial charge in [-0.2, -0.15) is 0 Å². The Balaban J connectivity index is 1.22. The number of hydrogen-bond donors (Lipinski definition) is 0. The SMILES string of the molecule is CC(=O)N1CCCC2(CCN(CC3CCN(Cc4ccccc4)CC3)C2)C1. The minimum Gasteiger partial charge on any atom is -0.342 e. The van der Waals surface area contributed by atoms with E-state index < -0.39 is 0 Å². The predicted molar refractivity (Wildman–Crippen MR) is 109 cm³/mol. The van der Waals surface area contributed by atoms with E-state index in [1.807, 2.05) is 0 Å². The maximum atomic E-state index is 11.8. The lowest BCUT2D eigenvalue weighted by molar-refractivity contribution is -0.132. The molecule has 1 atom stereocenters. The Kier molecular flexibility index (Phi) is 5.84. The number of likely N-dealkylation sites (tertiary alicyclic amines) is 3. The second-order valence-corrected chi connectivity index (χ2v) is 9.23. The first-order valence-corrected chi connectivity index (χ1v) is 10.9. The summed E-state index contributed by atoms with van der Waals surface area (Å²) in [5.74, 6) is 1.11. The van der Waals surface area contributed by atoms with Crippen LogP contribution in [-0.2, 0) is 11.3 Å². The fourth-order valence-corrected chi connectivity index (χ4v) is 5.53. The van der Waals surface area contributed by atoms with Crippen LogP contribution in [0, 0.1) is 11.3 Å². The van der Waals surface area contributed by atoms with Crippen LogP contribution in [0.25, 0.3) is 0 Å². The first-order chi connectivity index (χ1) is 13.1. The zero-order valence-electron chi connectivity index (χ0n) is 16.9. The molecule has 0 N–H and O–H groups in total. The van der Waals surface area contributed by atoms with Crippen LogP contribution < -0.4 is 0 Å². The van der Waals surface area contributed by atoms with Crippen LogP contribution >= 0.6 is 0 Å². The van der Waals surface area contributed by atoms with E-state index in [2.05, 4.69) is 45.0 Å². The fraction of sp³-hybridized carbons (Fsp3) is 0.696. The van der Waals surface area contributed by atoms with Crippen molar-refractivity contribution in [3.8, 4) is 0 Å². The molecule has 0 aliphatic carbocycles. The molecule has 1 amide bonds. The molecule has 3 saturated heterocycles. The normalized spacial score (nSPS) is 28.1. The van der Waals surface area contributed by atoms with Crippen molar-refractivity contribution in [3.63, 3.8) is 0 Å². The van der Waals surface area contributed by atoms with Gasteiger partial charge in [-0.3, -0.25) is 9.69 Å². The van der Waals surface area contributed by atoms with Crippen LogP contribution in [0.15, 0.2) is 30.3 Å². The third-order valence-corrected chi connectivity index (χ3v) is 7.10. The van der Waals surface area contributed by atoms with Gasteiger partial charge in [0.2, 0.25) is 5.91 Å². The molecule has 4 rings (SSSR count). The largest absolute Gasteiger partial charge is 0.342 e. The van der Waals surface area contributed by atoms with Crippen molar-refractivity contribution in [1.29, 1.82) is 0 Å². The van der Waals surface area contributed by atoms with Crippen LogP contribution in [0.4, 0.5) is 0 Å². The highest BCUT2D eigenvalue weighted by molar-refractivity contribution is 5.73. The summed E-state index contributed by atoms with van der Waals surface area (Å²) in [5, 5.41) is 0. The quantitative estimate of drug-likeness (QED) is 0.815. The molecular formula is C23H35N3O. The van der Waals surface area contributed by atoms with Gasteiger partial charge in [-0.05, 0) is 63.2 Å². The summed E-state index contributed by atoms with van der Waals surface area (Å²) in [5.41, 5.74) is 1.82. The summed E-state index contributed by atoms with van der Waals surface area (Å²) < 4.78 is 0. The van der Waals surface area contributed by atoms with Gasteiger partial charge in [-0.25, -0.2) is 0 Å². The summed E-state index contributed by atoms with van der Waals surface area (Å²) in [6.07, 6.45) is 6.43. The number of carbonyl (C=O) groups excluding carboxylic acids is 1. The highest BCUT2D eigenvalue weighted by Crippen LogP contribution is 2.39. The minimum absolute atomic E-state index is 0.262. The molecule has 3 fully saturated rings. The third-order valence-electron chi connectivity index (χ3n) is 7.10. The number of hydrogen-bond acceptors (Lipinski definition) is 3. The Hall–Kier alpha value is -1.39. The average molecular weight is 370 g/mol. The van der Waals surface area contributed by atoms with Crippen LogP contribution in [0.3, 0.4) is 0 Å². The van der Waals surface area contributed by atoms with Crippen LogP contribution in [0.1, 0.15) is 44.6 Å². The maximum absolute atomic E-state index is 11.8. The van der Waals surface area contributed by atoms with Crippen molar-refractivity contribution in [2.75, 3.05) is 45.8 Å². The molecule has 3 heterocycles. The second-order valence-electron chi connectivity index (χ2n) is 9.23. The standard InChI is InChI=1S/C23H35N3O/c1-20(27)26-12-5-10-23(19-26)11-15-25(18-23)17-22-8-13-24(14-9-22)16-21-6-3-2-4-7-21/h2-4,6-7,22H,5,8-19H2,1H3. The van der Waals surface area contributed by atoms with Gasteiger partial charge in [0.15, 0.2) is 0 Å². The predicted octanol–water partition coefficient (Wildman–Crippen LogP) is 3.23. The number of nitrogens with zero attached hydrogens (tertiary/aromatic N) is 3. The Morgan fingerprint density at radius 3 is 2.52 bits per heavy atom. The van der Waals surface area contributed by atoms with E-state index in [1.54, 1.807) is 6.92 Å². The Morgan fingerprint density at radius 2 is 1.78 bits per heavy atom. The van der Waals surface area contributed by atoms with Gasteiger partial charge in [0.05, 0.1) is 0 Å². The topological polar surface area (TPSA) is 26.8 Å². The average Bonchev–Trinajstić information content (AvgIpc) is 3.06. The van der Waals surface area contributed by atoms with E-state index in [9.17, 15) is 4.79 Å². The molecule has 4 heteroatoms. The van der Waals surface area contributed by atoms with E-state index in [1.165, 1.54) is 70.4 Å². The fourth-order valence-electron chi connectivity index (χ4n) is 5.53. The molecule has 27 heavy (non-hydrogen) atoms. The van der Waals surface area contributed by atoms with Crippen molar-refractivity contribution in [2.24, 2.45) is 11.3 Å². The Bertz CT molecular complexity index is 626. The van der Waals surface area contributed by atoms with Crippen molar-refractivity contribution < 1.29 is 4.79 Å². The second kappa shape index (κ2) is 8.32. The monoisotopic (exact) mass is 369 g/mol. The van der Waals surface area contributed by atoms with Gasteiger partial charge in [-0.15, -0.1) is 0 Å². The van der Waals surface area contributed by atoms with E-state index in [0.717, 1.165) is 25.6 Å². The first kappa shape index (κ1) is 18.9. The van der Waals surface area contributed by atoms with E-state index >= 15 is 0 Å². The molecule has 4 nitrogen and oxygen atoms in total. The number of amides is 1. The lowest BCUT2D eigenvalue weighted by Crippen LogP contribution is -2.47. The third kappa shape index (κ3) is 4.72. The number of piperidine rings is 2. The summed E-state index contributed by atoms with van der Waals surface area (Å²) >= 11 is 0. The smallest absolute Gasteiger partial charge is 0.219 e. The van der Waals surface area contributed by atoms with E-state index in [0.29, 0.717) is 5.41 Å². The van der Waals surface area contributed by atoms with Gasteiger partial charge in [0, 0.05) is 45.1 Å². The molecule has 0 radical (unpaired) electrons. The summed E-state index contributed by atoms with van der Waals surface area (Å²) in [4.78, 5) is 19.2. The maximum Gasteiger partial charge on any atom is 0.219 e. The molecule has 0 saturated carbocycles. The van der Waals surface area contributed by atoms with Crippen molar-refractivity contribution in [2.45, 2.75) is 45.6 Å². The van der Waals surface area contributed by atoms with Gasteiger partial charge in [0.1, 0.15) is 0 Å². The van der Waals surface area contributed by atoms with Crippen LogP contribution in [0.5, 0.6) is 0 Å². The van der Waals surface area contributed by atoms with E-state index in [4.69, 9.17) is 0 Å². The molecule has 3 aliphatic heterocycles. The van der Waals surface area contributed by atoms with Gasteiger partial charge >= 0.3 is 0 Å². The summed E-state index contributed by atoms with van der Waals surface area (Å²) in [7, 11) is 0. The summed E-state index contributed by atoms with van der Waals surface area (Å²) in [6.45, 7) is 11.0. The van der Waals surface area contributed by atoms with E-state index in [-0.39, 0.29) is 5.91 Å². The Labute approximate surface area is 164 Å².